The van der Waals surface area contributed by atoms with E-state index in [1.165, 1.54) is 5.56 Å². The van der Waals surface area contributed by atoms with E-state index < -0.39 is 0 Å². The van der Waals surface area contributed by atoms with Crippen LogP contribution in [0, 0.1) is 0 Å². The molecule has 3 fully saturated rings. The lowest BCUT2D eigenvalue weighted by molar-refractivity contribution is -0.0883. The van der Waals surface area contributed by atoms with Gasteiger partial charge in [0.25, 0.3) is 0 Å². The fourth-order valence-corrected chi connectivity index (χ4v) is 3.43. The van der Waals surface area contributed by atoms with Crippen molar-refractivity contribution in [1.29, 1.82) is 0 Å². The predicted molar refractivity (Wildman–Crippen MR) is 63.6 cm³/mol. The van der Waals surface area contributed by atoms with Gasteiger partial charge in [0.2, 0.25) is 0 Å². The van der Waals surface area contributed by atoms with Crippen molar-refractivity contribution in [2.75, 3.05) is 7.11 Å². The highest BCUT2D eigenvalue weighted by molar-refractivity contribution is 6.32. The van der Waals surface area contributed by atoms with Gasteiger partial charge in [0.05, 0.1) is 12.1 Å². The SMILES string of the molecule is COc1cc(C23CC(NN)(C2)C3)ccc1Cl. The molecule has 0 saturated heterocycles. The summed E-state index contributed by atoms with van der Waals surface area (Å²) in [6, 6.07) is 6.07. The molecule has 1 aromatic carbocycles. The molecule has 86 valence electrons. The van der Waals surface area contributed by atoms with E-state index in [0.29, 0.717) is 10.4 Å². The third kappa shape index (κ3) is 1.16. The first-order chi connectivity index (χ1) is 7.63. The van der Waals surface area contributed by atoms with Crippen LogP contribution < -0.4 is 16.0 Å². The fourth-order valence-electron chi connectivity index (χ4n) is 3.24. The summed E-state index contributed by atoms with van der Waals surface area (Å²) in [6.45, 7) is 0. The van der Waals surface area contributed by atoms with Gasteiger partial charge in [0, 0.05) is 11.0 Å². The molecule has 3 saturated carbocycles. The molecule has 0 heterocycles. The van der Waals surface area contributed by atoms with Crippen molar-refractivity contribution in [3.05, 3.63) is 28.8 Å². The van der Waals surface area contributed by atoms with Crippen LogP contribution in [0.1, 0.15) is 24.8 Å². The van der Waals surface area contributed by atoms with Crippen LogP contribution in [0.5, 0.6) is 5.75 Å². The molecule has 0 aromatic heterocycles. The van der Waals surface area contributed by atoms with E-state index in [0.717, 1.165) is 25.0 Å². The van der Waals surface area contributed by atoms with Crippen molar-refractivity contribution in [3.8, 4) is 5.75 Å². The van der Waals surface area contributed by atoms with E-state index in [1.54, 1.807) is 7.11 Å². The number of nitrogens with one attached hydrogen (secondary N) is 1. The average Bonchev–Trinajstić information content (AvgIpc) is 2.17. The minimum absolute atomic E-state index is 0.215. The number of methoxy groups -OCH3 is 1. The molecule has 2 bridgehead atoms. The van der Waals surface area contributed by atoms with Crippen LogP contribution in [-0.4, -0.2) is 12.6 Å². The average molecular weight is 239 g/mol. The maximum atomic E-state index is 6.02. The zero-order valence-electron chi connectivity index (χ0n) is 9.22. The topological polar surface area (TPSA) is 47.3 Å². The van der Waals surface area contributed by atoms with Crippen molar-refractivity contribution < 1.29 is 4.74 Å². The number of nitrogens with two attached hydrogens (primary N) is 1. The van der Waals surface area contributed by atoms with E-state index in [4.69, 9.17) is 22.2 Å². The van der Waals surface area contributed by atoms with Crippen molar-refractivity contribution in [2.24, 2.45) is 5.84 Å². The van der Waals surface area contributed by atoms with Crippen LogP contribution in [0.4, 0.5) is 0 Å². The lowest BCUT2D eigenvalue weighted by Gasteiger charge is -2.70. The summed E-state index contributed by atoms with van der Waals surface area (Å²) in [6.07, 6.45) is 3.38. The molecule has 4 heteroatoms. The molecule has 0 atom stereocenters. The second-order valence-corrected chi connectivity index (χ2v) is 5.49. The molecule has 3 nitrogen and oxygen atoms in total. The second kappa shape index (κ2) is 3.13. The quantitative estimate of drug-likeness (QED) is 0.626. The maximum absolute atomic E-state index is 6.02. The van der Waals surface area contributed by atoms with E-state index in [2.05, 4.69) is 17.6 Å². The Morgan fingerprint density at radius 1 is 1.38 bits per heavy atom. The first-order valence-corrected chi connectivity index (χ1v) is 5.83. The minimum atomic E-state index is 0.215. The standard InChI is InChI=1S/C12H15ClN2O/c1-16-10-4-8(2-3-9(10)13)11-5-12(6-11,7-11)15-14/h2-4,15H,5-7,14H2,1H3. The Hall–Kier alpha value is -0.770. The number of rotatable bonds is 3. The molecule has 1 aromatic rings. The fraction of sp³-hybridized carbons (Fsp3) is 0.500. The van der Waals surface area contributed by atoms with Gasteiger partial charge in [-0.2, -0.15) is 0 Å². The van der Waals surface area contributed by atoms with Gasteiger partial charge in [-0.3, -0.25) is 11.3 Å². The van der Waals surface area contributed by atoms with Crippen molar-refractivity contribution in [3.63, 3.8) is 0 Å². The van der Waals surface area contributed by atoms with Gasteiger partial charge >= 0.3 is 0 Å². The van der Waals surface area contributed by atoms with Gasteiger partial charge in [-0.15, -0.1) is 0 Å². The van der Waals surface area contributed by atoms with Crippen LogP contribution in [0.15, 0.2) is 18.2 Å². The monoisotopic (exact) mass is 238 g/mol. The van der Waals surface area contributed by atoms with Gasteiger partial charge in [-0.25, -0.2) is 0 Å². The molecule has 16 heavy (non-hydrogen) atoms. The first-order valence-electron chi connectivity index (χ1n) is 5.45. The zero-order valence-corrected chi connectivity index (χ0v) is 9.97. The number of ether oxygens (including phenoxy) is 1. The maximum Gasteiger partial charge on any atom is 0.137 e. The molecule has 0 amide bonds. The summed E-state index contributed by atoms with van der Waals surface area (Å²) in [5, 5.41) is 0.671. The lowest BCUT2D eigenvalue weighted by atomic mass is 9.38. The van der Waals surface area contributed by atoms with E-state index in [-0.39, 0.29) is 5.54 Å². The van der Waals surface area contributed by atoms with Gasteiger partial charge < -0.3 is 4.74 Å². The largest absolute Gasteiger partial charge is 0.495 e. The summed E-state index contributed by atoms with van der Waals surface area (Å²) in [7, 11) is 1.65. The number of benzene rings is 1. The summed E-state index contributed by atoms with van der Waals surface area (Å²) >= 11 is 6.02. The first kappa shape index (κ1) is 10.4. The Morgan fingerprint density at radius 3 is 2.62 bits per heavy atom. The number of hydrazine groups is 1. The minimum Gasteiger partial charge on any atom is -0.495 e. The smallest absolute Gasteiger partial charge is 0.137 e. The van der Waals surface area contributed by atoms with E-state index in [1.807, 2.05) is 6.07 Å². The Labute approximate surface area is 99.9 Å². The number of hydrogen-bond acceptors (Lipinski definition) is 3. The number of halogens is 1. The molecule has 0 radical (unpaired) electrons. The summed E-state index contributed by atoms with van der Waals surface area (Å²) in [4.78, 5) is 0. The Bertz CT molecular complexity index is 427. The van der Waals surface area contributed by atoms with Crippen molar-refractivity contribution >= 4 is 11.6 Å². The Kier molecular flexibility index (Phi) is 2.03. The third-order valence-electron chi connectivity index (χ3n) is 4.10. The van der Waals surface area contributed by atoms with Crippen LogP contribution >= 0.6 is 11.6 Å². The summed E-state index contributed by atoms with van der Waals surface area (Å²) < 4.78 is 5.25. The molecular weight excluding hydrogens is 224 g/mol. The molecule has 4 rings (SSSR count). The third-order valence-corrected chi connectivity index (χ3v) is 4.41. The highest BCUT2D eigenvalue weighted by Gasteiger charge is 2.68. The Morgan fingerprint density at radius 2 is 2.06 bits per heavy atom. The molecular formula is C12H15ClN2O. The van der Waals surface area contributed by atoms with Gasteiger partial charge in [0.15, 0.2) is 0 Å². The highest BCUT2D eigenvalue weighted by atomic mass is 35.5. The number of hydrogen-bond donors (Lipinski definition) is 2. The molecule has 3 aliphatic rings. The summed E-state index contributed by atoms with van der Waals surface area (Å²) in [5.41, 5.74) is 4.78. The molecule has 0 unspecified atom stereocenters. The van der Waals surface area contributed by atoms with E-state index in [9.17, 15) is 0 Å². The molecule has 3 aliphatic carbocycles. The van der Waals surface area contributed by atoms with Crippen molar-refractivity contribution in [1.82, 2.24) is 5.43 Å². The van der Waals surface area contributed by atoms with Crippen LogP contribution in [0.3, 0.4) is 0 Å². The zero-order chi connectivity index (χ0) is 11.4. The van der Waals surface area contributed by atoms with Gasteiger partial charge in [-0.1, -0.05) is 17.7 Å². The molecule has 3 N–H and O–H groups in total. The Balaban J connectivity index is 1.87. The van der Waals surface area contributed by atoms with Crippen molar-refractivity contribution in [2.45, 2.75) is 30.2 Å². The molecule has 0 aliphatic heterocycles. The highest BCUT2D eigenvalue weighted by Crippen LogP contribution is 2.67. The molecule has 0 spiro atoms. The van der Waals surface area contributed by atoms with Crippen LogP contribution in [0.2, 0.25) is 5.02 Å². The predicted octanol–water partition coefficient (Wildman–Crippen LogP) is 1.99. The summed E-state index contributed by atoms with van der Waals surface area (Å²) in [5.74, 6) is 6.29. The van der Waals surface area contributed by atoms with Crippen LogP contribution in [0.25, 0.3) is 0 Å². The van der Waals surface area contributed by atoms with E-state index >= 15 is 0 Å². The normalized spacial score (nSPS) is 35.2. The van der Waals surface area contributed by atoms with Gasteiger partial charge in [-0.05, 0) is 37.0 Å². The lowest BCUT2D eigenvalue weighted by Crippen LogP contribution is -2.77. The second-order valence-electron chi connectivity index (χ2n) is 5.08. The van der Waals surface area contributed by atoms with Gasteiger partial charge in [0.1, 0.15) is 5.75 Å². The van der Waals surface area contributed by atoms with Crippen LogP contribution in [-0.2, 0) is 5.41 Å².